The molecule has 150 valence electrons. The van der Waals surface area contributed by atoms with E-state index in [4.69, 9.17) is 4.74 Å². The molecule has 0 aromatic heterocycles. The number of carbonyl (C=O) groups is 3. The van der Waals surface area contributed by atoms with E-state index in [2.05, 4.69) is 0 Å². The predicted octanol–water partition coefficient (Wildman–Crippen LogP) is 3.69. The summed E-state index contributed by atoms with van der Waals surface area (Å²) in [6, 6.07) is 14.7. The molecule has 2 amide bonds. The van der Waals surface area contributed by atoms with Crippen molar-refractivity contribution < 1.29 is 19.1 Å². The maximum absolute atomic E-state index is 12.8. The highest BCUT2D eigenvalue weighted by Crippen LogP contribution is 2.24. The van der Waals surface area contributed by atoms with Gasteiger partial charge in [-0.2, -0.15) is 0 Å². The van der Waals surface area contributed by atoms with Crippen LogP contribution in [0.15, 0.2) is 48.5 Å². The summed E-state index contributed by atoms with van der Waals surface area (Å²) in [5.41, 5.74) is 3.20. The molecule has 2 saturated heterocycles. The lowest BCUT2D eigenvalue weighted by Gasteiger charge is -2.31. The van der Waals surface area contributed by atoms with Crippen LogP contribution in [0.2, 0.25) is 0 Å². The van der Waals surface area contributed by atoms with Crippen molar-refractivity contribution in [2.24, 2.45) is 5.92 Å². The highest BCUT2D eigenvalue weighted by Gasteiger charge is 2.29. The van der Waals surface area contributed by atoms with Gasteiger partial charge in [0.25, 0.3) is 5.91 Å². The smallest absolute Gasteiger partial charge is 0.414 e. The number of aryl methyl sites for hydroxylation is 1. The number of Topliss-reactive ketones (excluding diaryl/α,β-unsaturated/α-hetero) is 1. The first-order valence-corrected chi connectivity index (χ1v) is 9.97. The minimum absolute atomic E-state index is 0.0367. The number of anilines is 1. The van der Waals surface area contributed by atoms with Gasteiger partial charge in [-0.3, -0.25) is 14.5 Å². The molecule has 2 aliphatic heterocycles. The Hall–Kier alpha value is -3.15. The Labute approximate surface area is 170 Å². The highest BCUT2D eigenvalue weighted by molar-refractivity contribution is 5.99. The van der Waals surface area contributed by atoms with Gasteiger partial charge in [0.05, 0.1) is 6.54 Å². The van der Waals surface area contributed by atoms with Gasteiger partial charge in [-0.25, -0.2) is 4.79 Å². The van der Waals surface area contributed by atoms with Crippen molar-refractivity contribution >= 4 is 23.5 Å². The van der Waals surface area contributed by atoms with E-state index < -0.39 is 0 Å². The minimum atomic E-state index is -0.357. The SMILES string of the molecule is Cc1ccc(C(=O)C2CCN(C(=O)c3ccc(N4CCOC4=O)cc3)CC2)cc1. The van der Waals surface area contributed by atoms with Crippen molar-refractivity contribution in [3.05, 3.63) is 65.2 Å². The second kappa shape index (κ2) is 8.07. The van der Waals surface area contributed by atoms with Crippen molar-refractivity contribution in [2.45, 2.75) is 19.8 Å². The summed E-state index contributed by atoms with van der Waals surface area (Å²) in [4.78, 5) is 40.5. The third-order valence-corrected chi connectivity index (χ3v) is 5.68. The number of ether oxygens (including phenoxy) is 1. The average Bonchev–Trinajstić information content (AvgIpc) is 3.19. The first-order valence-electron chi connectivity index (χ1n) is 9.97. The lowest BCUT2D eigenvalue weighted by Crippen LogP contribution is -2.40. The Morgan fingerprint density at radius 2 is 1.52 bits per heavy atom. The summed E-state index contributed by atoms with van der Waals surface area (Å²) < 4.78 is 4.94. The normalized spacial score (nSPS) is 17.3. The monoisotopic (exact) mass is 392 g/mol. The molecular formula is C23H24N2O4. The van der Waals surface area contributed by atoms with E-state index in [1.54, 1.807) is 34.1 Å². The van der Waals surface area contributed by atoms with Gasteiger partial charge in [0.1, 0.15) is 6.61 Å². The molecule has 0 N–H and O–H groups in total. The Bertz CT molecular complexity index is 913. The summed E-state index contributed by atoms with van der Waals surface area (Å²) >= 11 is 0. The predicted molar refractivity (Wildman–Crippen MR) is 109 cm³/mol. The average molecular weight is 392 g/mol. The molecule has 0 spiro atoms. The van der Waals surface area contributed by atoms with Crippen LogP contribution in [0.3, 0.4) is 0 Å². The van der Waals surface area contributed by atoms with Crippen LogP contribution >= 0.6 is 0 Å². The number of amides is 2. The maximum Gasteiger partial charge on any atom is 0.414 e. The van der Waals surface area contributed by atoms with Gasteiger partial charge in [0.2, 0.25) is 0 Å². The van der Waals surface area contributed by atoms with E-state index in [0.29, 0.717) is 44.6 Å². The number of nitrogens with zero attached hydrogens (tertiary/aromatic N) is 2. The summed E-state index contributed by atoms with van der Waals surface area (Å²) in [7, 11) is 0. The molecule has 0 unspecified atom stereocenters. The topological polar surface area (TPSA) is 66.9 Å². The Morgan fingerprint density at radius 1 is 0.897 bits per heavy atom. The summed E-state index contributed by atoms with van der Waals surface area (Å²) in [6.45, 7) is 4.05. The summed E-state index contributed by atoms with van der Waals surface area (Å²) in [6.07, 6.45) is 0.996. The fourth-order valence-corrected chi connectivity index (χ4v) is 3.89. The number of hydrogen-bond donors (Lipinski definition) is 0. The molecule has 0 saturated carbocycles. The number of carbonyl (C=O) groups excluding carboxylic acids is 3. The molecule has 2 aromatic carbocycles. The molecule has 0 aliphatic carbocycles. The van der Waals surface area contributed by atoms with Crippen LogP contribution in [0.5, 0.6) is 0 Å². The lowest BCUT2D eigenvalue weighted by molar-refractivity contribution is 0.0650. The fraction of sp³-hybridized carbons (Fsp3) is 0.348. The van der Waals surface area contributed by atoms with Crippen molar-refractivity contribution in [3.8, 4) is 0 Å². The largest absolute Gasteiger partial charge is 0.447 e. The maximum atomic E-state index is 12.8. The van der Waals surface area contributed by atoms with Crippen molar-refractivity contribution in [1.82, 2.24) is 4.90 Å². The van der Waals surface area contributed by atoms with Crippen molar-refractivity contribution in [3.63, 3.8) is 0 Å². The molecular weight excluding hydrogens is 368 g/mol. The first-order chi connectivity index (χ1) is 14.0. The molecule has 0 bridgehead atoms. The van der Waals surface area contributed by atoms with Crippen LogP contribution in [0.4, 0.5) is 10.5 Å². The van der Waals surface area contributed by atoms with Gasteiger partial charge in [-0.05, 0) is 44.0 Å². The summed E-state index contributed by atoms with van der Waals surface area (Å²) in [5.74, 6) is 0.0889. The molecule has 6 heteroatoms. The zero-order valence-electron chi connectivity index (χ0n) is 16.5. The molecule has 2 fully saturated rings. The minimum Gasteiger partial charge on any atom is -0.447 e. The lowest BCUT2D eigenvalue weighted by atomic mass is 9.88. The van der Waals surface area contributed by atoms with E-state index in [9.17, 15) is 14.4 Å². The van der Waals surface area contributed by atoms with E-state index >= 15 is 0 Å². The van der Waals surface area contributed by atoms with Crippen molar-refractivity contribution in [2.75, 3.05) is 31.1 Å². The van der Waals surface area contributed by atoms with Gasteiger partial charge in [-0.15, -0.1) is 0 Å². The third-order valence-electron chi connectivity index (χ3n) is 5.68. The third kappa shape index (κ3) is 4.01. The van der Waals surface area contributed by atoms with Gasteiger partial charge >= 0.3 is 6.09 Å². The number of cyclic esters (lactones) is 1. The standard InChI is InChI=1S/C23H24N2O4/c1-16-2-4-17(5-3-16)21(26)18-10-12-24(13-11-18)22(27)19-6-8-20(9-7-19)25-14-15-29-23(25)28/h2-9,18H,10-15H2,1H3. The van der Waals surface area contributed by atoms with Gasteiger partial charge in [0.15, 0.2) is 5.78 Å². The number of likely N-dealkylation sites (tertiary alicyclic amines) is 1. The number of ketones is 1. The van der Waals surface area contributed by atoms with Crippen molar-refractivity contribution in [1.29, 1.82) is 0 Å². The molecule has 6 nitrogen and oxygen atoms in total. The zero-order valence-corrected chi connectivity index (χ0v) is 16.5. The first kappa shape index (κ1) is 19.2. The van der Waals surface area contributed by atoms with Gasteiger partial charge < -0.3 is 9.64 Å². The molecule has 2 heterocycles. The number of hydrogen-bond acceptors (Lipinski definition) is 4. The van der Waals surface area contributed by atoms with E-state index in [1.165, 1.54) is 0 Å². The van der Waals surface area contributed by atoms with Crippen LogP contribution in [0.25, 0.3) is 0 Å². The second-order valence-corrected chi connectivity index (χ2v) is 7.61. The van der Waals surface area contributed by atoms with Gasteiger partial charge in [0, 0.05) is 35.8 Å². The zero-order chi connectivity index (χ0) is 20.4. The molecule has 29 heavy (non-hydrogen) atoms. The van der Waals surface area contributed by atoms with Gasteiger partial charge in [-0.1, -0.05) is 29.8 Å². The molecule has 0 atom stereocenters. The Morgan fingerprint density at radius 3 is 2.10 bits per heavy atom. The fourth-order valence-electron chi connectivity index (χ4n) is 3.89. The number of piperidine rings is 1. The number of rotatable bonds is 4. The second-order valence-electron chi connectivity index (χ2n) is 7.61. The van der Waals surface area contributed by atoms with E-state index in [1.807, 2.05) is 31.2 Å². The highest BCUT2D eigenvalue weighted by atomic mass is 16.6. The molecule has 4 rings (SSSR count). The quantitative estimate of drug-likeness (QED) is 0.745. The number of benzene rings is 2. The molecule has 2 aromatic rings. The summed E-state index contributed by atoms with van der Waals surface area (Å²) in [5, 5.41) is 0. The van der Waals surface area contributed by atoms with Crippen LogP contribution in [-0.4, -0.2) is 48.9 Å². The van der Waals surface area contributed by atoms with Crippen LogP contribution in [-0.2, 0) is 4.74 Å². The van der Waals surface area contributed by atoms with Crippen LogP contribution in [0.1, 0.15) is 39.1 Å². The Kier molecular flexibility index (Phi) is 5.34. The van der Waals surface area contributed by atoms with E-state index in [0.717, 1.165) is 16.8 Å². The molecule has 2 aliphatic rings. The Balaban J connectivity index is 1.35. The van der Waals surface area contributed by atoms with Crippen LogP contribution in [0, 0.1) is 12.8 Å². The molecule has 0 radical (unpaired) electrons. The van der Waals surface area contributed by atoms with Crippen LogP contribution < -0.4 is 4.90 Å². The van der Waals surface area contributed by atoms with E-state index in [-0.39, 0.29) is 23.7 Å².